The van der Waals surface area contributed by atoms with Gasteiger partial charge in [-0.05, 0) is 18.2 Å². The van der Waals surface area contributed by atoms with Crippen molar-refractivity contribution in [3.05, 3.63) is 29.1 Å². The van der Waals surface area contributed by atoms with Crippen LogP contribution in [0.4, 0.5) is 0 Å². The van der Waals surface area contributed by atoms with Crippen molar-refractivity contribution in [3.8, 4) is 17.2 Å². The van der Waals surface area contributed by atoms with Crippen molar-refractivity contribution in [1.82, 2.24) is 10.2 Å². The molecule has 2 rings (SSSR count). The molecule has 0 unspecified atom stereocenters. The zero-order valence-corrected chi connectivity index (χ0v) is 10.1. The van der Waals surface area contributed by atoms with E-state index < -0.39 is 0 Å². The van der Waals surface area contributed by atoms with Gasteiger partial charge in [0.05, 0.1) is 12.1 Å². The summed E-state index contributed by atoms with van der Waals surface area (Å²) < 4.78 is 10.5. The molecule has 0 spiro atoms. The normalized spacial score (nSPS) is 10.5. The molecule has 0 aliphatic heterocycles. The Morgan fingerprint density at radius 2 is 2.24 bits per heavy atom. The molecule has 90 valence electrons. The molecule has 0 radical (unpaired) electrons. The lowest BCUT2D eigenvalue weighted by Gasteiger charge is -2.02. The first-order valence-electron chi connectivity index (χ1n) is 5.11. The van der Waals surface area contributed by atoms with Crippen LogP contribution < -0.4 is 10.5 Å². The molecule has 1 heterocycles. The van der Waals surface area contributed by atoms with Crippen molar-refractivity contribution in [3.63, 3.8) is 0 Å². The highest BCUT2D eigenvalue weighted by molar-refractivity contribution is 6.32. The maximum atomic E-state index is 6.01. The van der Waals surface area contributed by atoms with E-state index in [-0.39, 0.29) is 0 Å². The van der Waals surface area contributed by atoms with Crippen LogP contribution in [-0.2, 0) is 6.42 Å². The Morgan fingerprint density at radius 3 is 2.88 bits per heavy atom. The minimum atomic E-state index is 0.429. The minimum Gasteiger partial charge on any atom is -0.495 e. The summed E-state index contributed by atoms with van der Waals surface area (Å²) in [6.45, 7) is 0.477. The Labute approximate surface area is 104 Å². The molecular formula is C11H12ClN3O2. The fourth-order valence-electron chi connectivity index (χ4n) is 1.39. The number of nitrogens with zero attached hydrogens (tertiary/aromatic N) is 2. The molecule has 0 fully saturated rings. The topological polar surface area (TPSA) is 74.2 Å². The van der Waals surface area contributed by atoms with Gasteiger partial charge in [0.2, 0.25) is 11.8 Å². The van der Waals surface area contributed by atoms with Crippen LogP contribution in [0.15, 0.2) is 22.6 Å². The third kappa shape index (κ3) is 2.57. The first-order chi connectivity index (χ1) is 8.24. The second-order valence-electron chi connectivity index (χ2n) is 3.39. The van der Waals surface area contributed by atoms with E-state index in [9.17, 15) is 0 Å². The van der Waals surface area contributed by atoms with Gasteiger partial charge in [0.25, 0.3) is 0 Å². The van der Waals surface area contributed by atoms with Crippen LogP contribution >= 0.6 is 11.6 Å². The van der Waals surface area contributed by atoms with Gasteiger partial charge in [0.1, 0.15) is 5.75 Å². The molecular weight excluding hydrogens is 242 g/mol. The number of ether oxygens (including phenoxy) is 1. The summed E-state index contributed by atoms with van der Waals surface area (Å²) in [6.07, 6.45) is 0.566. The van der Waals surface area contributed by atoms with E-state index in [0.29, 0.717) is 35.5 Å². The van der Waals surface area contributed by atoms with Crippen LogP contribution in [0.3, 0.4) is 0 Å². The average Bonchev–Trinajstić information content (AvgIpc) is 2.78. The van der Waals surface area contributed by atoms with Gasteiger partial charge in [-0.3, -0.25) is 0 Å². The molecule has 1 aromatic carbocycles. The first kappa shape index (κ1) is 11.9. The van der Waals surface area contributed by atoms with Gasteiger partial charge in [-0.25, -0.2) is 0 Å². The summed E-state index contributed by atoms with van der Waals surface area (Å²) in [5.41, 5.74) is 6.16. The number of benzene rings is 1. The monoisotopic (exact) mass is 253 g/mol. The summed E-state index contributed by atoms with van der Waals surface area (Å²) in [5, 5.41) is 8.32. The third-order valence-corrected chi connectivity index (χ3v) is 2.52. The number of rotatable bonds is 4. The smallest absolute Gasteiger partial charge is 0.247 e. The molecule has 0 atom stereocenters. The molecule has 17 heavy (non-hydrogen) atoms. The van der Waals surface area contributed by atoms with Crippen LogP contribution in [0.25, 0.3) is 11.5 Å². The summed E-state index contributed by atoms with van der Waals surface area (Å²) in [4.78, 5) is 0. The zero-order valence-electron chi connectivity index (χ0n) is 9.31. The fourth-order valence-corrected chi connectivity index (χ4v) is 1.65. The number of hydrogen-bond acceptors (Lipinski definition) is 5. The van der Waals surface area contributed by atoms with Crippen molar-refractivity contribution in [2.24, 2.45) is 5.73 Å². The predicted molar refractivity (Wildman–Crippen MR) is 64.1 cm³/mol. The highest BCUT2D eigenvalue weighted by Crippen LogP contribution is 2.29. The molecule has 0 bridgehead atoms. The number of methoxy groups -OCH3 is 1. The van der Waals surface area contributed by atoms with E-state index in [1.165, 1.54) is 0 Å². The average molecular weight is 254 g/mol. The lowest BCUT2D eigenvalue weighted by Crippen LogP contribution is -2.02. The highest BCUT2D eigenvalue weighted by Gasteiger charge is 2.10. The van der Waals surface area contributed by atoms with Crippen molar-refractivity contribution >= 4 is 11.6 Å². The van der Waals surface area contributed by atoms with E-state index >= 15 is 0 Å². The van der Waals surface area contributed by atoms with Crippen LogP contribution in [-0.4, -0.2) is 23.9 Å². The molecule has 1 aromatic heterocycles. The third-order valence-electron chi connectivity index (χ3n) is 2.22. The van der Waals surface area contributed by atoms with E-state index in [1.54, 1.807) is 19.2 Å². The molecule has 0 saturated heterocycles. The van der Waals surface area contributed by atoms with Gasteiger partial charge in [-0.1, -0.05) is 11.6 Å². The van der Waals surface area contributed by atoms with Crippen LogP contribution in [0.5, 0.6) is 5.75 Å². The van der Waals surface area contributed by atoms with Crippen molar-refractivity contribution < 1.29 is 9.15 Å². The summed E-state index contributed by atoms with van der Waals surface area (Å²) in [7, 11) is 1.56. The summed E-state index contributed by atoms with van der Waals surface area (Å²) in [6, 6.07) is 5.29. The van der Waals surface area contributed by atoms with E-state index in [0.717, 1.165) is 5.56 Å². The van der Waals surface area contributed by atoms with Crippen molar-refractivity contribution in [2.45, 2.75) is 6.42 Å². The second-order valence-corrected chi connectivity index (χ2v) is 3.80. The van der Waals surface area contributed by atoms with E-state index in [2.05, 4.69) is 10.2 Å². The molecule has 0 aliphatic rings. The maximum absolute atomic E-state index is 6.01. The number of halogens is 1. The molecule has 6 heteroatoms. The lowest BCUT2D eigenvalue weighted by molar-refractivity contribution is 0.415. The zero-order chi connectivity index (χ0) is 12.3. The van der Waals surface area contributed by atoms with Crippen LogP contribution in [0.2, 0.25) is 5.02 Å². The summed E-state index contributed by atoms with van der Waals surface area (Å²) in [5.74, 6) is 1.56. The van der Waals surface area contributed by atoms with Crippen LogP contribution in [0.1, 0.15) is 5.89 Å². The molecule has 5 nitrogen and oxygen atoms in total. The number of aromatic nitrogens is 2. The lowest BCUT2D eigenvalue weighted by atomic mass is 10.2. The number of hydrogen-bond donors (Lipinski definition) is 1. The Bertz CT molecular complexity index is 513. The first-order valence-corrected chi connectivity index (χ1v) is 5.48. The Balaban J connectivity index is 2.29. The molecule has 0 saturated carbocycles. The van der Waals surface area contributed by atoms with Crippen LogP contribution in [0, 0.1) is 0 Å². The molecule has 2 N–H and O–H groups in total. The highest BCUT2D eigenvalue weighted by atomic mass is 35.5. The second kappa shape index (κ2) is 5.16. The van der Waals surface area contributed by atoms with Gasteiger partial charge >= 0.3 is 0 Å². The van der Waals surface area contributed by atoms with Gasteiger partial charge < -0.3 is 14.9 Å². The van der Waals surface area contributed by atoms with E-state index in [4.69, 9.17) is 26.5 Å². The van der Waals surface area contributed by atoms with Crippen molar-refractivity contribution in [2.75, 3.05) is 13.7 Å². The number of nitrogens with two attached hydrogens (primary N) is 1. The Hall–Kier alpha value is -1.59. The minimum absolute atomic E-state index is 0.429. The standard InChI is InChI=1S/C11H12ClN3O2/c1-16-9-3-2-7(6-8(9)12)11-15-14-10(17-11)4-5-13/h2-3,6H,4-5,13H2,1H3. The Kier molecular flexibility index (Phi) is 3.61. The maximum Gasteiger partial charge on any atom is 0.247 e. The molecule has 0 aliphatic carbocycles. The van der Waals surface area contributed by atoms with Gasteiger partial charge in [-0.2, -0.15) is 0 Å². The Morgan fingerprint density at radius 1 is 1.41 bits per heavy atom. The molecule has 2 aromatic rings. The van der Waals surface area contributed by atoms with Gasteiger partial charge in [-0.15, -0.1) is 10.2 Å². The largest absolute Gasteiger partial charge is 0.495 e. The van der Waals surface area contributed by atoms with Crippen molar-refractivity contribution in [1.29, 1.82) is 0 Å². The molecule has 0 amide bonds. The SMILES string of the molecule is COc1ccc(-c2nnc(CCN)o2)cc1Cl. The quantitative estimate of drug-likeness (QED) is 0.901. The fraction of sp³-hybridized carbons (Fsp3) is 0.273. The summed E-state index contributed by atoms with van der Waals surface area (Å²) >= 11 is 6.01. The predicted octanol–water partition coefficient (Wildman–Crippen LogP) is 1.90. The van der Waals surface area contributed by atoms with Gasteiger partial charge in [0, 0.05) is 18.5 Å². The van der Waals surface area contributed by atoms with E-state index in [1.807, 2.05) is 6.07 Å². The van der Waals surface area contributed by atoms with Gasteiger partial charge in [0.15, 0.2) is 0 Å².